The highest BCUT2D eigenvalue weighted by Gasteiger charge is 2.09. The Labute approximate surface area is 82.0 Å². The van der Waals surface area contributed by atoms with E-state index in [0.717, 1.165) is 0 Å². The van der Waals surface area contributed by atoms with Crippen LogP contribution in [0.1, 0.15) is 0 Å². The molecule has 13 heavy (non-hydrogen) atoms. The van der Waals surface area contributed by atoms with Crippen LogP contribution >= 0.6 is 0 Å². The van der Waals surface area contributed by atoms with E-state index in [1.165, 1.54) is 6.08 Å². The molecule has 2 unspecified atom stereocenters. The van der Waals surface area contributed by atoms with Gasteiger partial charge < -0.3 is 0 Å². The predicted molar refractivity (Wildman–Crippen MR) is 56.1 cm³/mol. The van der Waals surface area contributed by atoms with Gasteiger partial charge in [0.1, 0.15) is 19.7 Å². The van der Waals surface area contributed by atoms with Crippen LogP contribution in [0, 0.1) is 0 Å². The predicted octanol–water partition coefficient (Wildman–Crippen LogP) is 1.64. The second-order valence-corrected chi connectivity index (χ2v) is 6.21. The monoisotopic (exact) mass is 214 g/mol. The van der Waals surface area contributed by atoms with Crippen LogP contribution in [0.5, 0.6) is 0 Å². The molecule has 0 spiro atoms. The lowest BCUT2D eigenvalue weighted by atomic mass is 10.4. The Bertz CT molecular complexity index is 333. The molecule has 0 heterocycles. The third-order valence-corrected chi connectivity index (χ3v) is 4.86. The quantitative estimate of drug-likeness (QED) is 0.564. The molecule has 1 aromatic rings. The first kappa shape index (κ1) is 10.3. The fourth-order valence-corrected chi connectivity index (χ4v) is 3.34. The van der Waals surface area contributed by atoms with Crippen molar-refractivity contribution in [3.8, 4) is 0 Å². The minimum absolute atomic E-state index is 0.265. The molecule has 0 N–H and O–H groups in total. The van der Waals surface area contributed by atoms with Gasteiger partial charge in [0.05, 0.1) is 10.6 Å². The van der Waals surface area contributed by atoms with Gasteiger partial charge in [-0.3, -0.25) is 0 Å². The normalized spacial score (nSPS) is 14.8. The van der Waals surface area contributed by atoms with Crippen molar-refractivity contribution in [1.29, 1.82) is 0 Å². The van der Waals surface area contributed by atoms with E-state index in [-0.39, 0.29) is 5.75 Å². The highest BCUT2D eigenvalue weighted by atomic mass is 33.1. The smallest absolute Gasteiger partial charge is 0.143 e. The second kappa shape index (κ2) is 5.09. The third-order valence-electron chi connectivity index (χ3n) is 1.36. The van der Waals surface area contributed by atoms with Crippen LogP contribution in [0.25, 0.3) is 0 Å². The number of hydrogen-bond donors (Lipinski definition) is 0. The van der Waals surface area contributed by atoms with Crippen molar-refractivity contribution in [2.45, 2.75) is 4.90 Å². The standard InChI is InChI=1S/C9H10O2S2/c1-2-8-12(10)13(11)9-6-4-3-5-7-9/h2-7H,1,8H2. The van der Waals surface area contributed by atoms with Gasteiger partial charge in [-0.1, -0.05) is 24.3 Å². The van der Waals surface area contributed by atoms with Crippen molar-refractivity contribution in [2.75, 3.05) is 5.75 Å². The molecule has 0 saturated carbocycles. The first-order valence-electron chi connectivity index (χ1n) is 3.72. The lowest BCUT2D eigenvalue weighted by Gasteiger charge is -1.98. The summed E-state index contributed by atoms with van der Waals surface area (Å²) in [6.45, 7) is 3.45. The van der Waals surface area contributed by atoms with Gasteiger partial charge in [-0.2, -0.15) is 0 Å². The van der Waals surface area contributed by atoms with Crippen LogP contribution in [-0.2, 0) is 19.7 Å². The number of benzene rings is 1. The maximum atomic E-state index is 11.5. The zero-order valence-corrected chi connectivity index (χ0v) is 8.64. The summed E-state index contributed by atoms with van der Waals surface area (Å²) < 4.78 is 22.8. The third kappa shape index (κ3) is 2.90. The summed E-state index contributed by atoms with van der Waals surface area (Å²) in [5, 5.41) is 0. The van der Waals surface area contributed by atoms with Gasteiger partial charge in [-0.25, -0.2) is 8.42 Å². The molecule has 0 aliphatic heterocycles. The maximum absolute atomic E-state index is 11.5. The van der Waals surface area contributed by atoms with Gasteiger partial charge in [0.15, 0.2) is 0 Å². The van der Waals surface area contributed by atoms with E-state index in [9.17, 15) is 8.42 Å². The highest BCUT2D eigenvalue weighted by Crippen LogP contribution is 2.08. The van der Waals surface area contributed by atoms with E-state index in [1.807, 2.05) is 6.07 Å². The Morgan fingerprint density at radius 1 is 1.23 bits per heavy atom. The summed E-state index contributed by atoms with van der Waals surface area (Å²) in [6, 6.07) is 8.79. The fourth-order valence-electron chi connectivity index (χ4n) is 0.797. The molecule has 1 rings (SSSR count). The average molecular weight is 214 g/mol. The fraction of sp³-hybridized carbons (Fsp3) is 0.111. The van der Waals surface area contributed by atoms with Gasteiger partial charge in [-0.05, 0) is 12.1 Å². The van der Waals surface area contributed by atoms with E-state index in [1.54, 1.807) is 24.3 Å². The topological polar surface area (TPSA) is 34.1 Å². The van der Waals surface area contributed by atoms with Crippen LogP contribution in [0.4, 0.5) is 0 Å². The van der Waals surface area contributed by atoms with Crippen molar-refractivity contribution in [1.82, 2.24) is 0 Å². The lowest BCUT2D eigenvalue weighted by molar-refractivity contribution is 0.678. The first-order chi connectivity index (χ1) is 6.25. The van der Waals surface area contributed by atoms with Crippen molar-refractivity contribution in [2.24, 2.45) is 0 Å². The van der Waals surface area contributed by atoms with Gasteiger partial charge in [0, 0.05) is 0 Å². The molecule has 0 bridgehead atoms. The van der Waals surface area contributed by atoms with E-state index < -0.39 is 19.7 Å². The zero-order chi connectivity index (χ0) is 9.68. The summed E-state index contributed by atoms with van der Waals surface area (Å²) in [5.74, 6) is 0.265. The Hall–Kier alpha value is -0.740. The van der Waals surface area contributed by atoms with Crippen molar-refractivity contribution in [3.63, 3.8) is 0 Å². The molecule has 0 fully saturated rings. The van der Waals surface area contributed by atoms with Crippen molar-refractivity contribution < 1.29 is 8.42 Å². The number of hydrogen-bond acceptors (Lipinski definition) is 2. The Morgan fingerprint density at radius 2 is 1.85 bits per heavy atom. The summed E-state index contributed by atoms with van der Waals surface area (Å²) in [5.41, 5.74) is 0. The van der Waals surface area contributed by atoms with Crippen LogP contribution in [0.2, 0.25) is 0 Å². The van der Waals surface area contributed by atoms with Crippen LogP contribution < -0.4 is 0 Å². The molecule has 0 aliphatic rings. The van der Waals surface area contributed by atoms with E-state index in [4.69, 9.17) is 0 Å². The molecule has 70 valence electrons. The van der Waals surface area contributed by atoms with Crippen molar-refractivity contribution in [3.05, 3.63) is 43.0 Å². The van der Waals surface area contributed by atoms with Crippen LogP contribution in [0.3, 0.4) is 0 Å². The van der Waals surface area contributed by atoms with E-state index >= 15 is 0 Å². The van der Waals surface area contributed by atoms with Gasteiger partial charge in [-0.15, -0.1) is 6.58 Å². The SMILES string of the molecule is C=CCS(=O)S(=O)c1ccccc1. The Kier molecular flexibility index (Phi) is 4.05. The summed E-state index contributed by atoms with van der Waals surface area (Å²) in [4.78, 5) is 0.600. The second-order valence-electron chi connectivity index (χ2n) is 2.31. The van der Waals surface area contributed by atoms with Gasteiger partial charge in [0.2, 0.25) is 0 Å². The molecule has 1 aromatic carbocycles. The molecular weight excluding hydrogens is 204 g/mol. The molecule has 4 heteroatoms. The number of rotatable bonds is 4. The Morgan fingerprint density at radius 3 is 2.38 bits per heavy atom. The molecular formula is C9H10O2S2. The molecule has 0 amide bonds. The summed E-state index contributed by atoms with van der Waals surface area (Å²) >= 11 is 0. The molecule has 0 aliphatic carbocycles. The lowest BCUT2D eigenvalue weighted by Crippen LogP contribution is -2.02. The van der Waals surface area contributed by atoms with Gasteiger partial charge >= 0.3 is 0 Å². The molecule has 2 nitrogen and oxygen atoms in total. The summed E-state index contributed by atoms with van der Waals surface area (Å²) in [7, 11) is -2.79. The Balaban J connectivity index is 2.80. The summed E-state index contributed by atoms with van der Waals surface area (Å²) in [6.07, 6.45) is 1.51. The average Bonchev–Trinajstić information content (AvgIpc) is 2.18. The first-order valence-corrected chi connectivity index (χ1v) is 6.71. The molecule has 0 saturated heterocycles. The highest BCUT2D eigenvalue weighted by molar-refractivity contribution is 8.61. The minimum atomic E-state index is -1.43. The van der Waals surface area contributed by atoms with Crippen molar-refractivity contribution >= 4 is 19.7 Å². The van der Waals surface area contributed by atoms with Gasteiger partial charge in [0.25, 0.3) is 0 Å². The molecule has 2 atom stereocenters. The van der Waals surface area contributed by atoms with E-state index in [2.05, 4.69) is 6.58 Å². The van der Waals surface area contributed by atoms with E-state index in [0.29, 0.717) is 4.90 Å². The minimum Gasteiger partial charge on any atom is -0.245 e. The van der Waals surface area contributed by atoms with Crippen LogP contribution in [0.15, 0.2) is 47.9 Å². The van der Waals surface area contributed by atoms with Crippen LogP contribution in [-0.4, -0.2) is 14.2 Å². The molecule has 0 radical (unpaired) electrons. The largest absolute Gasteiger partial charge is 0.245 e. The molecule has 0 aromatic heterocycles. The zero-order valence-electron chi connectivity index (χ0n) is 7.01. The maximum Gasteiger partial charge on any atom is 0.143 e.